The third-order valence-electron chi connectivity index (χ3n) is 0. The second kappa shape index (κ2) is 392. The summed E-state index contributed by atoms with van der Waals surface area (Å²) >= 11 is 0. The molecular formula is H8N8NaO12Rh-3. The molecule has 0 spiro atoms. The Labute approximate surface area is 154 Å². The Morgan fingerprint density at radius 1 is 0.409 bits per heavy atom. The molecule has 0 aromatic rings. The molecule has 0 rings (SSSR count). The second-order valence-electron chi connectivity index (χ2n) is 0.447. The van der Waals surface area contributed by atoms with Crippen molar-refractivity contribution in [3.63, 3.8) is 0 Å². The van der Waals surface area contributed by atoms with E-state index >= 15 is 0 Å². The molecule has 0 heterocycles. The zero-order valence-corrected chi connectivity index (χ0v) is 14.6. The van der Waals surface area contributed by atoms with E-state index in [4.69, 9.17) is 60.7 Å². The van der Waals surface area contributed by atoms with E-state index in [0.717, 1.165) is 32.0 Å². The van der Waals surface area contributed by atoms with Gasteiger partial charge in [-0.2, -0.15) is 0 Å². The van der Waals surface area contributed by atoms with Crippen molar-refractivity contribution >= 4 is 0 Å². The first kappa shape index (κ1) is 72.4. The molecule has 0 aliphatic heterocycles. The average Bonchev–Trinajstić information content (AvgIpc) is 2.23. The van der Waals surface area contributed by atoms with Gasteiger partial charge in [-0.05, 0) is 0 Å². The number of hydrogen-bond donors (Lipinski definition) is 2. The Balaban J connectivity index is -0.00000000947. The smallest absolute Gasteiger partial charge is 0.444 e. The quantitative estimate of drug-likeness (QED) is 0.268. The molecule has 22 heteroatoms. The van der Waals surface area contributed by atoms with E-state index in [0.29, 0.717) is 0 Å². The van der Waals surface area contributed by atoms with Crippen LogP contribution < -0.4 is 41.9 Å². The average molecular weight is 438 g/mol. The van der Waals surface area contributed by atoms with Crippen molar-refractivity contribution in [3.8, 4) is 0 Å². The number of rotatable bonds is 0. The normalized spacial score (nSPS) is 3.27. The summed E-state index contributed by atoms with van der Waals surface area (Å²) < 4.78 is 0. The van der Waals surface area contributed by atoms with Crippen LogP contribution in [0.15, 0.2) is 32.0 Å². The van der Waals surface area contributed by atoms with Crippen LogP contribution in [0.5, 0.6) is 0 Å². The van der Waals surface area contributed by atoms with Gasteiger partial charge in [-0.1, -0.05) is 0 Å². The van der Waals surface area contributed by atoms with Gasteiger partial charge in [0, 0.05) is 19.5 Å². The Morgan fingerprint density at radius 2 is 0.409 bits per heavy atom. The summed E-state index contributed by atoms with van der Waals surface area (Å²) in [5, 5.41) is 54.0. The van der Waals surface area contributed by atoms with Crippen LogP contribution in [0.3, 0.4) is 0 Å². The van der Waals surface area contributed by atoms with Gasteiger partial charge < -0.3 is 73.0 Å². The van der Waals surface area contributed by atoms with Crippen LogP contribution >= 0.6 is 0 Å². The third-order valence-corrected chi connectivity index (χ3v) is 0. The van der Waals surface area contributed by atoms with E-state index in [9.17, 15) is 0 Å². The molecule has 0 saturated carbocycles. The van der Waals surface area contributed by atoms with Crippen LogP contribution in [-0.4, -0.2) is 0 Å². The van der Waals surface area contributed by atoms with Gasteiger partial charge in [0.05, 0.1) is 0 Å². The first-order chi connectivity index (χ1) is 8.49. The SMILES string of the molecule is O=N[O-].O=N[O-].O=N[O-].O=N[O-].O=N[O-].O=N[O-].[NH4+].[NH4+].[Na+].[Rh]. The van der Waals surface area contributed by atoms with Crippen molar-refractivity contribution in [1.82, 2.24) is 12.3 Å². The summed E-state index contributed by atoms with van der Waals surface area (Å²) in [5.41, 5.74) is 0. The van der Waals surface area contributed by atoms with Crippen LogP contribution in [0.1, 0.15) is 0 Å². The molecule has 0 saturated heterocycles. The molecule has 0 aromatic heterocycles. The first-order valence-corrected chi connectivity index (χ1v) is 2.19. The van der Waals surface area contributed by atoms with Gasteiger partial charge >= 0.3 is 29.6 Å². The number of hydrogen-bond acceptors (Lipinski definition) is 18. The number of nitrogens with zero attached hydrogens (tertiary/aromatic N) is 6. The predicted molar refractivity (Wildman–Crippen MR) is 66.9 cm³/mol. The summed E-state index contributed by atoms with van der Waals surface area (Å²) in [6.07, 6.45) is 0. The Bertz CT molecular complexity index is 123. The van der Waals surface area contributed by atoms with E-state index < -0.39 is 0 Å². The topological polar surface area (TPSA) is 388 Å². The van der Waals surface area contributed by atoms with Crippen LogP contribution in [0.4, 0.5) is 0 Å². The van der Waals surface area contributed by atoms with Crippen molar-refractivity contribution in [2.75, 3.05) is 0 Å². The molecule has 8 N–H and O–H groups in total. The molecule has 0 atom stereocenters. The summed E-state index contributed by atoms with van der Waals surface area (Å²) in [6, 6.07) is 0. The second-order valence-corrected chi connectivity index (χ2v) is 0.447. The summed E-state index contributed by atoms with van der Waals surface area (Å²) in [6.45, 7) is 0. The van der Waals surface area contributed by atoms with Crippen molar-refractivity contribution in [3.05, 3.63) is 60.7 Å². The largest absolute Gasteiger partial charge is 1.00 e. The first-order valence-electron chi connectivity index (χ1n) is 2.19. The fraction of sp³-hybridized carbons (Fsp3) is 0. The maximum atomic E-state index is 8.00. The molecule has 20 nitrogen and oxygen atoms in total. The van der Waals surface area contributed by atoms with E-state index in [1.807, 2.05) is 0 Å². The van der Waals surface area contributed by atoms with Crippen LogP contribution in [0.25, 0.3) is 0 Å². The van der Waals surface area contributed by atoms with E-state index in [2.05, 4.69) is 0 Å². The Kier molecular flexibility index (Phi) is 1290. The molecular weight excluding hydrogens is 430 g/mol. The van der Waals surface area contributed by atoms with Gasteiger partial charge in [-0.15, -0.1) is 32.0 Å². The molecule has 133 valence electrons. The molecule has 0 aliphatic carbocycles. The van der Waals surface area contributed by atoms with Gasteiger partial charge in [0.25, 0.3) is 0 Å². The summed E-state index contributed by atoms with van der Waals surface area (Å²) in [5.74, 6) is 0. The van der Waals surface area contributed by atoms with Crippen molar-refractivity contribution in [2.24, 2.45) is 32.0 Å². The van der Waals surface area contributed by atoms with Crippen molar-refractivity contribution < 1.29 is 49.0 Å². The molecule has 0 unspecified atom stereocenters. The van der Waals surface area contributed by atoms with Crippen molar-refractivity contribution in [2.45, 2.75) is 0 Å². The number of quaternary nitrogens is 2. The van der Waals surface area contributed by atoms with Gasteiger partial charge in [0.15, 0.2) is 0 Å². The minimum atomic E-state index is 0. The minimum absolute atomic E-state index is 0. The summed E-state index contributed by atoms with van der Waals surface area (Å²) in [7, 11) is 0. The van der Waals surface area contributed by atoms with Crippen LogP contribution in [0.2, 0.25) is 0 Å². The molecule has 0 aromatic carbocycles. The monoisotopic (exact) mass is 438 g/mol. The Morgan fingerprint density at radius 3 is 0.409 bits per heavy atom. The van der Waals surface area contributed by atoms with E-state index in [1.165, 1.54) is 0 Å². The van der Waals surface area contributed by atoms with Gasteiger partial charge in [-0.25, -0.2) is 0 Å². The minimum Gasteiger partial charge on any atom is -0.444 e. The van der Waals surface area contributed by atoms with Crippen LogP contribution in [-0.2, 0) is 19.5 Å². The van der Waals surface area contributed by atoms with Gasteiger partial charge in [0.2, 0.25) is 0 Å². The van der Waals surface area contributed by atoms with E-state index in [1.54, 1.807) is 0 Å². The van der Waals surface area contributed by atoms with Gasteiger partial charge in [0.1, 0.15) is 0 Å². The molecule has 0 amide bonds. The molecule has 22 heavy (non-hydrogen) atoms. The fourth-order valence-electron chi connectivity index (χ4n) is 0. The molecule has 0 fully saturated rings. The standard InChI is InChI=1S/6HNO2.2H3N.Na.Rh/c6*2-1-3;;;;/h6*(H,2,3);2*1H3;;/q;;;;;;;;+1;/p-4. The molecule has 0 bridgehead atoms. The molecule has 1 radical (unpaired) electrons. The zero-order valence-electron chi connectivity index (χ0n) is 10.9. The Hall–Kier alpha value is -2.06. The van der Waals surface area contributed by atoms with Crippen molar-refractivity contribution in [1.29, 1.82) is 0 Å². The predicted octanol–water partition coefficient (Wildman–Crippen LogP) is -0.743. The molecule has 0 aliphatic rings. The van der Waals surface area contributed by atoms with Crippen LogP contribution in [0, 0.1) is 60.7 Å². The maximum absolute atomic E-state index is 8.00. The van der Waals surface area contributed by atoms with E-state index in [-0.39, 0.29) is 61.3 Å². The van der Waals surface area contributed by atoms with Gasteiger partial charge in [-0.3, -0.25) is 0 Å². The fourth-order valence-corrected chi connectivity index (χ4v) is 0. The maximum Gasteiger partial charge on any atom is 1.00 e. The third kappa shape index (κ3) is 1220. The summed E-state index contributed by atoms with van der Waals surface area (Å²) in [4.78, 5) is 48.0. The zero-order chi connectivity index (χ0) is 16.2.